The van der Waals surface area contributed by atoms with Crippen LogP contribution in [0.1, 0.15) is 13.3 Å². The maximum atomic E-state index is 11.5. The maximum Gasteiger partial charge on any atom is 0.226 e. The number of hydrogen-bond donors (Lipinski definition) is 1. The Bertz CT molecular complexity index is 205. The Morgan fingerprint density at radius 2 is 2.50 bits per heavy atom. The normalized spacial score (nSPS) is 35.2. The Kier molecular flexibility index (Phi) is 1.83. The third kappa shape index (κ3) is 1.22. The van der Waals surface area contributed by atoms with Crippen molar-refractivity contribution in [3.8, 4) is 0 Å². The number of piperidine rings is 1. The summed E-state index contributed by atoms with van der Waals surface area (Å²) in [4.78, 5) is 13.5. The molecule has 1 aliphatic carbocycles. The van der Waals surface area contributed by atoms with E-state index in [1.165, 1.54) is 0 Å². The lowest BCUT2D eigenvalue weighted by Gasteiger charge is -2.21. The van der Waals surface area contributed by atoms with Gasteiger partial charge < -0.3 is 10.6 Å². The van der Waals surface area contributed by atoms with E-state index in [1.54, 1.807) is 0 Å². The molecule has 0 spiro atoms. The Morgan fingerprint density at radius 1 is 1.75 bits per heavy atom. The first kappa shape index (κ1) is 8.05. The smallest absolute Gasteiger partial charge is 0.226 e. The predicted molar refractivity (Wildman–Crippen MR) is 46.4 cm³/mol. The van der Waals surface area contributed by atoms with E-state index in [2.05, 4.69) is 6.92 Å². The van der Waals surface area contributed by atoms with E-state index in [9.17, 15) is 4.79 Å². The summed E-state index contributed by atoms with van der Waals surface area (Å²) in [6, 6.07) is 0. The van der Waals surface area contributed by atoms with E-state index in [4.69, 9.17) is 5.73 Å². The molecule has 2 N–H and O–H groups in total. The predicted octanol–water partition coefficient (Wildman–Crippen LogP) is 0.0595. The molecular weight excluding hydrogens is 152 g/mol. The summed E-state index contributed by atoms with van der Waals surface area (Å²) in [7, 11) is 0. The highest BCUT2D eigenvalue weighted by Gasteiger charge is 2.51. The average Bonchev–Trinajstić information content (AvgIpc) is 2.75. The second-order valence-corrected chi connectivity index (χ2v) is 4.19. The zero-order valence-corrected chi connectivity index (χ0v) is 7.49. The van der Waals surface area contributed by atoms with Crippen LogP contribution in [0.4, 0.5) is 0 Å². The first-order chi connectivity index (χ1) is 5.72. The molecule has 1 amide bonds. The fourth-order valence-corrected chi connectivity index (χ4v) is 1.97. The van der Waals surface area contributed by atoms with Crippen molar-refractivity contribution in [1.82, 2.24) is 4.90 Å². The molecule has 3 heteroatoms. The van der Waals surface area contributed by atoms with Gasteiger partial charge >= 0.3 is 0 Å². The molecule has 1 heterocycles. The summed E-state index contributed by atoms with van der Waals surface area (Å²) >= 11 is 0. The van der Waals surface area contributed by atoms with Crippen molar-refractivity contribution in [1.29, 1.82) is 0 Å². The summed E-state index contributed by atoms with van der Waals surface area (Å²) in [5, 5.41) is 0. The fourth-order valence-electron chi connectivity index (χ4n) is 1.97. The van der Waals surface area contributed by atoms with Gasteiger partial charge in [-0.1, -0.05) is 6.92 Å². The molecule has 3 nitrogen and oxygen atoms in total. The minimum atomic E-state index is 0.375. The van der Waals surface area contributed by atoms with E-state index in [1.807, 2.05) is 4.90 Å². The molecule has 1 saturated heterocycles. The van der Waals surface area contributed by atoms with Gasteiger partial charge in [0.1, 0.15) is 0 Å². The van der Waals surface area contributed by atoms with Crippen LogP contribution >= 0.6 is 0 Å². The highest BCUT2D eigenvalue weighted by atomic mass is 16.2. The van der Waals surface area contributed by atoms with Crippen LogP contribution in [0.3, 0.4) is 0 Å². The number of nitrogens with two attached hydrogens (primary N) is 1. The molecule has 1 saturated carbocycles. The lowest BCUT2D eigenvalue weighted by molar-refractivity contribution is -0.130. The van der Waals surface area contributed by atoms with E-state index in [0.29, 0.717) is 30.2 Å². The quantitative estimate of drug-likeness (QED) is 0.647. The number of hydrogen-bond acceptors (Lipinski definition) is 2. The van der Waals surface area contributed by atoms with Crippen LogP contribution in [-0.2, 0) is 4.79 Å². The van der Waals surface area contributed by atoms with Gasteiger partial charge in [0.25, 0.3) is 0 Å². The van der Waals surface area contributed by atoms with Crippen molar-refractivity contribution < 1.29 is 4.79 Å². The average molecular weight is 168 g/mol. The Morgan fingerprint density at radius 3 is 3.00 bits per heavy atom. The van der Waals surface area contributed by atoms with Crippen LogP contribution in [-0.4, -0.2) is 30.4 Å². The van der Waals surface area contributed by atoms with Gasteiger partial charge in [0, 0.05) is 19.0 Å². The van der Waals surface area contributed by atoms with Crippen LogP contribution in [0.2, 0.25) is 0 Å². The third-order valence-corrected chi connectivity index (χ3v) is 2.94. The standard InChI is InChI=1S/C9H16N2O/c1-6(3-10)4-11-5-7-2-8(7)9(11)12/h6-8H,2-5,10H2,1H3. The number of nitrogens with zero attached hydrogens (tertiary/aromatic N) is 1. The minimum absolute atomic E-state index is 0.375. The van der Waals surface area contributed by atoms with E-state index in [-0.39, 0.29) is 0 Å². The molecule has 0 aromatic heterocycles. The lowest BCUT2D eigenvalue weighted by Crippen LogP contribution is -2.34. The van der Waals surface area contributed by atoms with Crippen molar-refractivity contribution in [2.45, 2.75) is 13.3 Å². The van der Waals surface area contributed by atoms with Crippen LogP contribution in [0.5, 0.6) is 0 Å². The third-order valence-electron chi connectivity index (χ3n) is 2.94. The molecule has 2 rings (SSSR count). The zero-order valence-electron chi connectivity index (χ0n) is 7.49. The number of fused-ring (bicyclic) bond motifs is 1. The molecule has 1 aliphatic heterocycles. The van der Waals surface area contributed by atoms with Gasteiger partial charge in [0.05, 0.1) is 0 Å². The summed E-state index contributed by atoms with van der Waals surface area (Å²) in [6.45, 7) is 4.63. The molecule has 3 unspecified atom stereocenters. The molecular formula is C9H16N2O. The second-order valence-electron chi connectivity index (χ2n) is 4.19. The summed E-state index contributed by atoms with van der Waals surface area (Å²) in [5.74, 6) is 1.92. The van der Waals surface area contributed by atoms with Gasteiger partial charge in [-0.2, -0.15) is 0 Å². The highest BCUT2D eigenvalue weighted by molar-refractivity contribution is 5.84. The Balaban J connectivity index is 1.86. The van der Waals surface area contributed by atoms with Gasteiger partial charge in [-0.25, -0.2) is 0 Å². The first-order valence-electron chi connectivity index (χ1n) is 4.71. The van der Waals surface area contributed by atoms with Gasteiger partial charge in [-0.3, -0.25) is 4.79 Å². The second kappa shape index (κ2) is 2.73. The molecule has 2 aliphatic rings. The lowest BCUT2D eigenvalue weighted by atomic mass is 10.1. The topological polar surface area (TPSA) is 46.3 Å². The summed E-state index contributed by atoms with van der Waals surface area (Å²) < 4.78 is 0. The van der Waals surface area contributed by atoms with E-state index >= 15 is 0 Å². The molecule has 12 heavy (non-hydrogen) atoms. The largest absolute Gasteiger partial charge is 0.342 e. The molecule has 0 bridgehead atoms. The van der Waals surface area contributed by atoms with E-state index in [0.717, 1.165) is 19.5 Å². The number of rotatable bonds is 3. The monoisotopic (exact) mass is 168 g/mol. The SMILES string of the molecule is CC(CN)CN1CC2CC2C1=O. The molecule has 0 aromatic rings. The van der Waals surface area contributed by atoms with Crippen molar-refractivity contribution in [3.63, 3.8) is 0 Å². The Hall–Kier alpha value is -0.570. The van der Waals surface area contributed by atoms with Crippen molar-refractivity contribution in [2.24, 2.45) is 23.5 Å². The molecule has 3 atom stereocenters. The van der Waals surface area contributed by atoms with Crippen molar-refractivity contribution in [2.75, 3.05) is 19.6 Å². The van der Waals surface area contributed by atoms with Gasteiger partial charge in [0.15, 0.2) is 0 Å². The number of carbonyl (C=O) groups excluding carboxylic acids is 1. The van der Waals surface area contributed by atoms with Crippen LogP contribution in [0, 0.1) is 17.8 Å². The van der Waals surface area contributed by atoms with Crippen molar-refractivity contribution in [3.05, 3.63) is 0 Å². The molecule has 0 radical (unpaired) electrons. The van der Waals surface area contributed by atoms with Crippen LogP contribution in [0.25, 0.3) is 0 Å². The van der Waals surface area contributed by atoms with Gasteiger partial charge in [-0.05, 0) is 24.8 Å². The van der Waals surface area contributed by atoms with Crippen molar-refractivity contribution >= 4 is 5.91 Å². The number of amides is 1. The van der Waals surface area contributed by atoms with E-state index < -0.39 is 0 Å². The maximum absolute atomic E-state index is 11.5. The Labute approximate surface area is 72.9 Å². The summed E-state index contributed by atoms with van der Waals surface area (Å²) in [6.07, 6.45) is 1.15. The summed E-state index contributed by atoms with van der Waals surface area (Å²) in [5.41, 5.74) is 5.50. The minimum Gasteiger partial charge on any atom is -0.342 e. The number of likely N-dealkylation sites (tertiary alicyclic amines) is 1. The highest BCUT2D eigenvalue weighted by Crippen LogP contribution is 2.45. The van der Waals surface area contributed by atoms with Gasteiger partial charge in [-0.15, -0.1) is 0 Å². The van der Waals surface area contributed by atoms with Gasteiger partial charge in [0.2, 0.25) is 5.91 Å². The van der Waals surface area contributed by atoms with Crippen LogP contribution in [0.15, 0.2) is 0 Å². The molecule has 68 valence electrons. The number of carbonyl (C=O) groups is 1. The van der Waals surface area contributed by atoms with Crippen LogP contribution < -0.4 is 5.73 Å². The molecule has 0 aromatic carbocycles. The molecule has 2 fully saturated rings. The fraction of sp³-hybridized carbons (Fsp3) is 0.889. The first-order valence-corrected chi connectivity index (χ1v) is 4.71. The zero-order chi connectivity index (χ0) is 8.72.